The number of hydrogen-bond donors (Lipinski definition) is 1. The van der Waals surface area contributed by atoms with Crippen LogP contribution in [0.2, 0.25) is 0 Å². The van der Waals surface area contributed by atoms with Gasteiger partial charge < -0.3 is 5.32 Å². The second-order valence-corrected chi connectivity index (χ2v) is 6.49. The minimum Gasteiger partial charge on any atom is -0.348 e. The number of hydrogen-bond acceptors (Lipinski definition) is 2. The number of amides is 1. The molecule has 0 spiro atoms. The lowest BCUT2D eigenvalue weighted by Crippen LogP contribution is -2.29. The fourth-order valence-electron chi connectivity index (χ4n) is 3.11. The molecule has 0 saturated carbocycles. The maximum atomic E-state index is 13.2. The molecule has 3 rings (SSSR count). The smallest absolute Gasteiger partial charge is 0.251 e. The summed E-state index contributed by atoms with van der Waals surface area (Å²) in [5.74, 6) is -2.00. The molecule has 0 atom stereocenters. The minimum atomic E-state index is -0.757. The summed E-state index contributed by atoms with van der Waals surface area (Å²) in [7, 11) is 0. The second-order valence-electron chi connectivity index (χ2n) is 6.49. The molecule has 3 nitrogen and oxygen atoms in total. The van der Waals surface area contributed by atoms with Crippen molar-refractivity contribution in [3.63, 3.8) is 0 Å². The third-order valence-corrected chi connectivity index (χ3v) is 4.46. The first-order valence-corrected chi connectivity index (χ1v) is 8.64. The van der Waals surface area contributed by atoms with Crippen LogP contribution in [0.15, 0.2) is 42.5 Å². The Bertz CT molecular complexity index is 705. The lowest BCUT2D eigenvalue weighted by molar-refractivity contribution is 0.0950. The van der Waals surface area contributed by atoms with Crippen molar-refractivity contribution < 1.29 is 13.6 Å². The normalized spacial score (nSPS) is 15.1. The lowest BCUT2D eigenvalue weighted by atomic mass is 10.1. The second kappa shape index (κ2) is 8.21. The maximum absolute atomic E-state index is 13.2. The molecule has 1 fully saturated rings. The third kappa shape index (κ3) is 5.10. The van der Waals surface area contributed by atoms with E-state index in [0.717, 1.165) is 43.4 Å². The predicted octanol–water partition coefficient (Wildman–Crippen LogP) is 3.88. The van der Waals surface area contributed by atoms with Gasteiger partial charge in [-0.3, -0.25) is 9.69 Å². The lowest BCUT2D eigenvalue weighted by Gasteiger charge is -2.26. The molecule has 0 aliphatic carbocycles. The van der Waals surface area contributed by atoms with Gasteiger partial charge in [0, 0.05) is 24.7 Å². The predicted molar refractivity (Wildman–Crippen MR) is 93.1 cm³/mol. The van der Waals surface area contributed by atoms with Gasteiger partial charge in [-0.25, -0.2) is 8.78 Å². The zero-order valence-corrected chi connectivity index (χ0v) is 14.1. The molecule has 5 heteroatoms. The summed E-state index contributed by atoms with van der Waals surface area (Å²) in [6, 6.07) is 10.9. The minimum absolute atomic E-state index is 0.0146. The highest BCUT2D eigenvalue weighted by molar-refractivity contribution is 5.94. The molecular formula is C20H22F2N2O. The molecule has 1 N–H and O–H groups in total. The van der Waals surface area contributed by atoms with Gasteiger partial charge in [0.25, 0.3) is 5.91 Å². The first kappa shape index (κ1) is 17.5. The first-order valence-electron chi connectivity index (χ1n) is 8.64. The standard InChI is InChI=1S/C20H22F2N2O/c21-18-10-17(11-19(22)12-18)20(25)23-13-15-4-6-16(7-5-15)14-24-8-2-1-3-9-24/h4-7,10-12H,1-3,8-9,13-14H2,(H,23,25). The van der Waals surface area contributed by atoms with Crippen LogP contribution in [0.1, 0.15) is 40.7 Å². The number of nitrogens with one attached hydrogen (secondary N) is 1. The molecule has 0 bridgehead atoms. The van der Waals surface area contributed by atoms with E-state index >= 15 is 0 Å². The van der Waals surface area contributed by atoms with Crippen LogP contribution in [0.25, 0.3) is 0 Å². The molecule has 1 amide bonds. The average Bonchev–Trinajstić information content (AvgIpc) is 2.61. The summed E-state index contributed by atoms with van der Waals surface area (Å²) in [6.07, 6.45) is 3.86. The van der Waals surface area contributed by atoms with Crippen LogP contribution in [0.3, 0.4) is 0 Å². The Hall–Kier alpha value is -2.27. The van der Waals surface area contributed by atoms with E-state index in [1.165, 1.54) is 24.8 Å². The molecule has 2 aromatic rings. The Kier molecular flexibility index (Phi) is 5.76. The zero-order chi connectivity index (χ0) is 17.6. The van der Waals surface area contributed by atoms with E-state index in [1.54, 1.807) is 0 Å². The highest BCUT2D eigenvalue weighted by Gasteiger charge is 2.11. The Morgan fingerprint density at radius 1 is 0.920 bits per heavy atom. The summed E-state index contributed by atoms with van der Waals surface area (Å²) in [5.41, 5.74) is 2.19. The van der Waals surface area contributed by atoms with Gasteiger partial charge in [-0.05, 0) is 49.2 Å². The van der Waals surface area contributed by atoms with E-state index in [-0.39, 0.29) is 5.56 Å². The van der Waals surface area contributed by atoms with Crippen LogP contribution in [0.4, 0.5) is 8.78 Å². The topological polar surface area (TPSA) is 32.3 Å². The van der Waals surface area contributed by atoms with Crippen molar-refractivity contribution >= 4 is 5.91 Å². The van der Waals surface area contributed by atoms with Crippen LogP contribution >= 0.6 is 0 Å². The summed E-state index contributed by atoms with van der Waals surface area (Å²) >= 11 is 0. The van der Waals surface area contributed by atoms with Gasteiger partial charge in [-0.15, -0.1) is 0 Å². The quantitative estimate of drug-likeness (QED) is 0.893. The van der Waals surface area contributed by atoms with Gasteiger partial charge in [0.05, 0.1) is 0 Å². The molecule has 0 unspecified atom stereocenters. The van der Waals surface area contributed by atoms with Crippen molar-refractivity contribution in [2.75, 3.05) is 13.1 Å². The monoisotopic (exact) mass is 344 g/mol. The van der Waals surface area contributed by atoms with E-state index in [0.29, 0.717) is 6.54 Å². The van der Waals surface area contributed by atoms with Gasteiger partial charge in [-0.1, -0.05) is 30.7 Å². The Morgan fingerprint density at radius 2 is 1.52 bits per heavy atom. The van der Waals surface area contributed by atoms with Crippen molar-refractivity contribution in [2.24, 2.45) is 0 Å². The Labute approximate surface area is 146 Å². The Balaban J connectivity index is 1.53. The number of carbonyl (C=O) groups excluding carboxylic acids is 1. The number of carbonyl (C=O) groups is 1. The SMILES string of the molecule is O=C(NCc1ccc(CN2CCCCC2)cc1)c1cc(F)cc(F)c1. The maximum Gasteiger partial charge on any atom is 0.251 e. The first-order chi connectivity index (χ1) is 12.1. The zero-order valence-electron chi connectivity index (χ0n) is 14.1. The van der Waals surface area contributed by atoms with Crippen molar-refractivity contribution in [3.8, 4) is 0 Å². The number of benzene rings is 2. The summed E-state index contributed by atoms with van der Waals surface area (Å²) in [5, 5.41) is 2.69. The number of rotatable bonds is 5. The fraction of sp³-hybridized carbons (Fsp3) is 0.350. The van der Waals surface area contributed by atoms with Crippen molar-refractivity contribution in [1.29, 1.82) is 0 Å². The molecule has 2 aromatic carbocycles. The van der Waals surface area contributed by atoms with Gasteiger partial charge in [0.15, 0.2) is 0 Å². The highest BCUT2D eigenvalue weighted by Crippen LogP contribution is 2.14. The molecule has 1 aliphatic rings. The van der Waals surface area contributed by atoms with Gasteiger partial charge >= 0.3 is 0 Å². The summed E-state index contributed by atoms with van der Waals surface area (Å²) < 4.78 is 26.3. The largest absolute Gasteiger partial charge is 0.348 e. The van der Waals surface area contributed by atoms with Crippen molar-refractivity contribution in [2.45, 2.75) is 32.4 Å². The highest BCUT2D eigenvalue weighted by atomic mass is 19.1. The molecule has 1 heterocycles. The fourth-order valence-corrected chi connectivity index (χ4v) is 3.11. The number of piperidine rings is 1. The van der Waals surface area contributed by atoms with E-state index in [4.69, 9.17) is 0 Å². The number of halogens is 2. The van der Waals surface area contributed by atoms with E-state index in [2.05, 4.69) is 22.3 Å². The molecule has 0 radical (unpaired) electrons. The number of likely N-dealkylation sites (tertiary alicyclic amines) is 1. The van der Waals surface area contributed by atoms with Crippen molar-refractivity contribution in [3.05, 3.63) is 70.8 Å². The molecule has 0 aromatic heterocycles. The van der Waals surface area contributed by atoms with Crippen LogP contribution in [-0.4, -0.2) is 23.9 Å². The van der Waals surface area contributed by atoms with E-state index < -0.39 is 17.5 Å². The van der Waals surface area contributed by atoms with Crippen LogP contribution in [-0.2, 0) is 13.1 Å². The van der Waals surface area contributed by atoms with Crippen molar-refractivity contribution in [1.82, 2.24) is 10.2 Å². The van der Waals surface area contributed by atoms with E-state index in [9.17, 15) is 13.6 Å². The summed E-state index contributed by atoms with van der Waals surface area (Å²) in [6.45, 7) is 3.58. The van der Waals surface area contributed by atoms with Crippen LogP contribution in [0, 0.1) is 11.6 Å². The summed E-state index contributed by atoms with van der Waals surface area (Å²) in [4.78, 5) is 14.5. The van der Waals surface area contributed by atoms with Gasteiger partial charge in [0.2, 0.25) is 0 Å². The molecule has 1 saturated heterocycles. The Morgan fingerprint density at radius 3 is 2.16 bits per heavy atom. The molecule has 132 valence electrons. The number of nitrogens with zero attached hydrogens (tertiary/aromatic N) is 1. The molecular weight excluding hydrogens is 322 g/mol. The molecule has 1 aliphatic heterocycles. The molecule has 25 heavy (non-hydrogen) atoms. The van der Waals surface area contributed by atoms with E-state index in [1.807, 2.05) is 12.1 Å². The van der Waals surface area contributed by atoms with Gasteiger partial charge in [-0.2, -0.15) is 0 Å². The third-order valence-electron chi connectivity index (χ3n) is 4.46. The van der Waals surface area contributed by atoms with Gasteiger partial charge in [0.1, 0.15) is 11.6 Å². The van der Waals surface area contributed by atoms with Crippen LogP contribution in [0.5, 0.6) is 0 Å². The average molecular weight is 344 g/mol. The van der Waals surface area contributed by atoms with Crippen LogP contribution < -0.4 is 5.32 Å².